The molecule has 2 rings (SSSR count). The summed E-state index contributed by atoms with van der Waals surface area (Å²) in [5.74, 6) is 0. The van der Waals surface area contributed by atoms with E-state index < -0.39 is 0 Å². The van der Waals surface area contributed by atoms with Gasteiger partial charge in [0.25, 0.3) is 5.56 Å². The van der Waals surface area contributed by atoms with Gasteiger partial charge in [-0.2, -0.15) is 0 Å². The van der Waals surface area contributed by atoms with Crippen molar-refractivity contribution in [2.75, 3.05) is 7.11 Å². The first-order valence-corrected chi connectivity index (χ1v) is 6.36. The van der Waals surface area contributed by atoms with Crippen LogP contribution in [0.5, 0.6) is 0 Å². The van der Waals surface area contributed by atoms with Gasteiger partial charge in [-0.05, 0) is 43.5 Å². The molecule has 1 unspecified atom stereocenters. The van der Waals surface area contributed by atoms with E-state index >= 15 is 0 Å². The summed E-state index contributed by atoms with van der Waals surface area (Å²) in [6, 6.07) is 9.85. The van der Waals surface area contributed by atoms with Crippen LogP contribution in [-0.4, -0.2) is 12.1 Å². The Labute approximate surface area is 113 Å². The van der Waals surface area contributed by atoms with Gasteiger partial charge in [-0.25, -0.2) is 0 Å². The van der Waals surface area contributed by atoms with E-state index in [1.54, 1.807) is 7.11 Å². The van der Waals surface area contributed by atoms with Crippen LogP contribution in [0.2, 0.25) is 0 Å². The van der Waals surface area contributed by atoms with Gasteiger partial charge in [0, 0.05) is 18.4 Å². The van der Waals surface area contributed by atoms with E-state index in [0.29, 0.717) is 5.56 Å². The number of nitrogens with one attached hydrogen (secondary N) is 1. The molecule has 0 fully saturated rings. The second-order valence-electron chi connectivity index (χ2n) is 4.82. The smallest absolute Gasteiger partial charge is 0.256 e. The molecule has 1 atom stereocenters. The normalized spacial score (nSPS) is 12.4. The minimum absolute atomic E-state index is 0.0457. The van der Waals surface area contributed by atoms with Crippen LogP contribution >= 0.6 is 0 Å². The minimum atomic E-state index is -0.0457. The van der Waals surface area contributed by atoms with E-state index in [2.05, 4.69) is 4.98 Å². The zero-order chi connectivity index (χ0) is 14.0. The number of ether oxygens (including phenoxy) is 1. The molecule has 0 saturated carbocycles. The quantitative estimate of drug-likeness (QED) is 0.916. The third-order valence-electron chi connectivity index (χ3n) is 3.54. The maximum Gasteiger partial charge on any atom is 0.256 e. The number of pyridine rings is 1. The minimum Gasteiger partial charge on any atom is -0.377 e. The third-order valence-corrected chi connectivity index (χ3v) is 3.54. The van der Waals surface area contributed by atoms with Gasteiger partial charge in [0.2, 0.25) is 0 Å². The van der Waals surface area contributed by atoms with Crippen molar-refractivity contribution in [3.05, 3.63) is 57.5 Å². The average molecular weight is 257 g/mol. The molecule has 0 aliphatic rings. The monoisotopic (exact) mass is 257 g/mol. The summed E-state index contributed by atoms with van der Waals surface area (Å²) in [5.41, 5.74) is 4.69. The Bertz CT molecular complexity index is 626. The summed E-state index contributed by atoms with van der Waals surface area (Å²) in [6.45, 7) is 5.90. The van der Waals surface area contributed by atoms with Crippen LogP contribution < -0.4 is 5.56 Å². The Kier molecular flexibility index (Phi) is 3.86. The molecule has 0 amide bonds. The molecule has 0 bridgehead atoms. The lowest BCUT2D eigenvalue weighted by atomic mass is 10.0. The molecule has 100 valence electrons. The zero-order valence-electron chi connectivity index (χ0n) is 11.8. The lowest BCUT2D eigenvalue weighted by molar-refractivity contribution is 0.119. The van der Waals surface area contributed by atoms with Gasteiger partial charge in [-0.15, -0.1) is 0 Å². The Hall–Kier alpha value is -1.87. The Morgan fingerprint density at radius 3 is 2.37 bits per heavy atom. The van der Waals surface area contributed by atoms with E-state index in [-0.39, 0.29) is 11.7 Å². The topological polar surface area (TPSA) is 42.1 Å². The van der Waals surface area contributed by atoms with Crippen molar-refractivity contribution in [1.82, 2.24) is 4.98 Å². The standard InChI is InChI=1S/C16H19NO2/c1-10-9-15(16(18)17-11(10)2)14-7-5-13(6-8-14)12(3)19-4/h5-9,12H,1-4H3,(H,17,18). The number of benzene rings is 1. The van der Waals surface area contributed by atoms with E-state index in [4.69, 9.17) is 4.74 Å². The Balaban J connectivity index is 2.43. The average Bonchev–Trinajstić information content (AvgIpc) is 2.42. The zero-order valence-corrected chi connectivity index (χ0v) is 11.8. The summed E-state index contributed by atoms with van der Waals surface area (Å²) in [6.07, 6.45) is 0.0621. The molecule has 3 heteroatoms. The Morgan fingerprint density at radius 2 is 1.79 bits per heavy atom. The number of hydrogen-bond acceptors (Lipinski definition) is 2. The predicted octanol–water partition coefficient (Wildman–Crippen LogP) is 3.37. The fraction of sp³-hybridized carbons (Fsp3) is 0.312. The molecule has 0 aliphatic carbocycles. The lowest BCUT2D eigenvalue weighted by Crippen LogP contribution is -2.11. The molecule has 1 aromatic carbocycles. The van der Waals surface area contributed by atoms with Crippen LogP contribution in [0.1, 0.15) is 29.8 Å². The van der Waals surface area contributed by atoms with Gasteiger partial charge in [0.1, 0.15) is 0 Å². The first-order valence-electron chi connectivity index (χ1n) is 6.36. The summed E-state index contributed by atoms with van der Waals surface area (Å²) < 4.78 is 5.27. The van der Waals surface area contributed by atoms with E-state index in [1.165, 1.54) is 0 Å². The molecule has 0 aliphatic heterocycles. The van der Waals surface area contributed by atoms with Crippen molar-refractivity contribution in [3.8, 4) is 11.1 Å². The lowest BCUT2D eigenvalue weighted by Gasteiger charge is -2.10. The van der Waals surface area contributed by atoms with Crippen LogP contribution in [0.25, 0.3) is 11.1 Å². The molecule has 0 saturated heterocycles. The third kappa shape index (κ3) is 2.76. The summed E-state index contributed by atoms with van der Waals surface area (Å²) in [7, 11) is 1.69. The van der Waals surface area contributed by atoms with Crippen molar-refractivity contribution in [3.63, 3.8) is 0 Å². The largest absolute Gasteiger partial charge is 0.377 e. The van der Waals surface area contributed by atoms with Crippen LogP contribution in [-0.2, 0) is 4.74 Å². The van der Waals surface area contributed by atoms with Crippen LogP contribution in [0.3, 0.4) is 0 Å². The van der Waals surface area contributed by atoms with Crippen LogP contribution in [0, 0.1) is 13.8 Å². The highest BCUT2D eigenvalue weighted by Crippen LogP contribution is 2.21. The van der Waals surface area contributed by atoms with Crippen LogP contribution in [0.15, 0.2) is 35.1 Å². The summed E-state index contributed by atoms with van der Waals surface area (Å²) in [5, 5.41) is 0. The van der Waals surface area contributed by atoms with Gasteiger partial charge >= 0.3 is 0 Å². The van der Waals surface area contributed by atoms with Crippen LogP contribution in [0.4, 0.5) is 0 Å². The predicted molar refractivity (Wildman–Crippen MR) is 77.4 cm³/mol. The molecule has 1 heterocycles. The van der Waals surface area contributed by atoms with Crippen molar-refractivity contribution < 1.29 is 4.74 Å². The van der Waals surface area contributed by atoms with Gasteiger partial charge in [-0.1, -0.05) is 24.3 Å². The van der Waals surface area contributed by atoms with Gasteiger partial charge in [0.15, 0.2) is 0 Å². The second kappa shape index (κ2) is 5.41. The molecular formula is C16H19NO2. The van der Waals surface area contributed by atoms with Gasteiger partial charge in [-0.3, -0.25) is 4.79 Å². The summed E-state index contributed by atoms with van der Waals surface area (Å²) in [4.78, 5) is 14.9. The number of rotatable bonds is 3. The molecular weight excluding hydrogens is 238 g/mol. The number of hydrogen-bond donors (Lipinski definition) is 1. The highest BCUT2D eigenvalue weighted by atomic mass is 16.5. The summed E-state index contributed by atoms with van der Waals surface area (Å²) >= 11 is 0. The number of methoxy groups -OCH3 is 1. The van der Waals surface area contributed by atoms with Crippen molar-refractivity contribution >= 4 is 0 Å². The molecule has 19 heavy (non-hydrogen) atoms. The number of aromatic amines is 1. The van der Waals surface area contributed by atoms with Crippen molar-refractivity contribution in [2.24, 2.45) is 0 Å². The number of H-pyrrole nitrogens is 1. The first-order chi connectivity index (χ1) is 9.02. The van der Waals surface area contributed by atoms with Crippen molar-refractivity contribution in [2.45, 2.75) is 26.9 Å². The highest BCUT2D eigenvalue weighted by molar-refractivity contribution is 5.63. The van der Waals surface area contributed by atoms with E-state index in [0.717, 1.165) is 22.4 Å². The molecule has 1 N–H and O–H groups in total. The SMILES string of the molecule is COC(C)c1ccc(-c2cc(C)c(C)[nH]c2=O)cc1. The molecule has 2 aromatic rings. The maximum absolute atomic E-state index is 12.0. The Morgan fingerprint density at radius 1 is 1.16 bits per heavy atom. The van der Waals surface area contributed by atoms with E-state index in [1.807, 2.05) is 51.1 Å². The van der Waals surface area contributed by atoms with Gasteiger partial charge < -0.3 is 9.72 Å². The molecule has 3 nitrogen and oxygen atoms in total. The second-order valence-corrected chi connectivity index (χ2v) is 4.82. The fourth-order valence-corrected chi connectivity index (χ4v) is 2.01. The number of aromatic nitrogens is 1. The maximum atomic E-state index is 12.0. The molecule has 0 spiro atoms. The molecule has 0 radical (unpaired) electrons. The first kappa shape index (κ1) is 13.6. The van der Waals surface area contributed by atoms with E-state index in [9.17, 15) is 4.79 Å². The number of aryl methyl sites for hydroxylation is 2. The van der Waals surface area contributed by atoms with Gasteiger partial charge in [0.05, 0.1) is 6.10 Å². The highest BCUT2D eigenvalue weighted by Gasteiger charge is 2.07. The van der Waals surface area contributed by atoms with Crippen molar-refractivity contribution in [1.29, 1.82) is 0 Å². The molecule has 1 aromatic heterocycles. The fourth-order valence-electron chi connectivity index (χ4n) is 2.01.